The summed E-state index contributed by atoms with van der Waals surface area (Å²) < 4.78 is 33.3. The molecule has 4 heterocycles. The number of esters is 2. The number of hydrogen-bond acceptors (Lipinski definition) is 11. The molecule has 11 nitrogen and oxygen atoms in total. The first kappa shape index (κ1) is 55.3. The van der Waals surface area contributed by atoms with Gasteiger partial charge >= 0.3 is 17.6 Å². The predicted molar refractivity (Wildman–Crippen MR) is 304 cm³/mol. The van der Waals surface area contributed by atoms with Gasteiger partial charge in [-0.25, -0.2) is 9.59 Å². The van der Waals surface area contributed by atoms with Gasteiger partial charge in [-0.1, -0.05) is 117 Å². The number of benzene rings is 4. The molecular formula is C68H82O11. The van der Waals surface area contributed by atoms with E-state index in [2.05, 4.69) is 78.9 Å². The molecule has 420 valence electrons. The van der Waals surface area contributed by atoms with Crippen molar-refractivity contribution in [2.45, 2.75) is 190 Å². The summed E-state index contributed by atoms with van der Waals surface area (Å²) in [5.74, 6) is -1.28. The van der Waals surface area contributed by atoms with Gasteiger partial charge in [-0.3, -0.25) is 4.79 Å². The van der Waals surface area contributed by atoms with Gasteiger partial charge in [0.2, 0.25) is 0 Å². The Bertz CT molecular complexity index is 3070. The molecule has 0 amide bonds. The van der Waals surface area contributed by atoms with E-state index >= 15 is 9.59 Å². The van der Waals surface area contributed by atoms with E-state index in [9.17, 15) is 20.1 Å². The van der Waals surface area contributed by atoms with Crippen LogP contribution in [0.5, 0.6) is 5.75 Å². The fourth-order valence-corrected chi connectivity index (χ4v) is 16.2. The number of aryl methyl sites for hydroxylation is 1. The normalized spacial score (nSPS) is 28.0. The monoisotopic (exact) mass is 1070 g/mol. The second kappa shape index (κ2) is 23.5. The zero-order valence-corrected chi connectivity index (χ0v) is 46.8. The third-order valence-corrected chi connectivity index (χ3v) is 20.4. The van der Waals surface area contributed by atoms with E-state index in [0.717, 1.165) is 89.0 Å². The zero-order chi connectivity index (χ0) is 54.9. The van der Waals surface area contributed by atoms with E-state index in [4.69, 9.17) is 23.4 Å². The largest absolute Gasteiger partial charge is 0.483 e. The molecule has 0 saturated heterocycles. The standard InChI is InChI=1S/C68H82O11/c1-43(40-70)53-25-21-44-19-22-45(23-20-44)54-26-24-47(46-14-12-17-51(37-46)68(33-8-5-9-34-68)50-15-6-4-7-16-50)36-49(54)38-58(72)76-62-60-57(28-27-55-56(41-71)59(65(74)77-61(55)60)48(29-35-69)42-75-3)79-66(2,63(62)78-64(53)73)52-18-13-32-67(39-52)30-10-11-31-67/h4,6-7,12,14-17,19-20,22-23,27-28,37,47-49,52,54,62-63,69-71H,5,8-11,13,18,21,24-26,29-36,38-42H2,1-3H3/b53-43-/t47-,48+,49+,52-,54-,62+,63-,66-/m0/s1. The first-order valence-corrected chi connectivity index (χ1v) is 29.9. The van der Waals surface area contributed by atoms with Crippen molar-refractivity contribution in [2.24, 2.45) is 17.3 Å². The van der Waals surface area contributed by atoms with Crippen LogP contribution in [0.2, 0.25) is 0 Å². The maximum absolute atomic E-state index is 15.6. The molecule has 7 aliphatic rings. The Morgan fingerprint density at radius 1 is 0.772 bits per heavy atom. The highest BCUT2D eigenvalue weighted by Gasteiger charge is 2.59. The highest BCUT2D eigenvalue weighted by molar-refractivity contribution is 5.90. The van der Waals surface area contributed by atoms with Crippen molar-refractivity contribution >= 4 is 22.9 Å². The average Bonchev–Trinajstić information content (AvgIpc) is 3.93. The molecule has 2 bridgehead atoms. The molecular weight excluding hydrogens is 993 g/mol. The zero-order valence-electron chi connectivity index (χ0n) is 46.8. The van der Waals surface area contributed by atoms with Crippen LogP contribution < -0.4 is 10.4 Å². The lowest BCUT2D eigenvalue weighted by Gasteiger charge is -2.52. The van der Waals surface area contributed by atoms with Gasteiger partial charge in [0.05, 0.1) is 25.4 Å². The molecule has 4 aliphatic carbocycles. The molecule has 12 rings (SSSR count). The lowest BCUT2D eigenvalue weighted by Crippen LogP contribution is -2.59. The first-order valence-electron chi connectivity index (χ1n) is 29.9. The second-order valence-corrected chi connectivity index (χ2v) is 24.9. The van der Waals surface area contributed by atoms with Crippen LogP contribution in [0.1, 0.15) is 204 Å². The molecule has 4 saturated carbocycles. The highest BCUT2D eigenvalue weighted by atomic mass is 16.6. The molecule has 11 heteroatoms. The average molecular weight is 1080 g/mol. The van der Waals surface area contributed by atoms with Crippen molar-refractivity contribution in [1.29, 1.82) is 0 Å². The van der Waals surface area contributed by atoms with Crippen LogP contribution >= 0.6 is 0 Å². The predicted octanol–water partition coefficient (Wildman–Crippen LogP) is 13.1. The van der Waals surface area contributed by atoms with Gasteiger partial charge in [0.15, 0.2) is 12.2 Å². The Hall–Kier alpha value is -5.59. The minimum atomic E-state index is -1.30. The Kier molecular flexibility index (Phi) is 16.4. The van der Waals surface area contributed by atoms with E-state index in [-0.39, 0.29) is 83.9 Å². The van der Waals surface area contributed by atoms with Crippen molar-refractivity contribution in [3.8, 4) is 5.75 Å². The van der Waals surface area contributed by atoms with Gasteiger partial charge in [0.1, 0.15) is 16.9 Å². The molecule has 79 heavy (non-hydrogen) atoms. The van der Waals surface area contributed by atoms with Gasteiger partial charge in [-0.2, -0.15) is 0 Å². The third kappa shape index (κ3) is 10.7. The SMILES string of the molecule is COC[C@@H](CCO)c1c(CO)c2ccc3c(c2oc1=O)[C@H]1OC(=O)C[C@H]2C[C@@H](c4cccc(C5(c6ccccc6)CCCCC5)c4)CC[C@H]2c2ccc(cc2)CC/C(=C(\C)CO)C(=O)O[C@@H]1[C@](C)([C@H]1CCCC2(CCCC2)C1)O3. The topological polar surface area (TPSA) is 162 Å². The Morgan fingerprint density at radius 3 is 2.25 bits per heavy atom. The lowest BCUT2D eigenvalue weighted by atomic mass is 9.62. The number of carbonyl (C=O) groups excluding carboxylic acids is 2. The number of ether oxygens (including phenoxy) is 4. The summed E-state index contributed by atoms with van der Waals surface area (Å²) in [4.78, 5) is 45.4. The van der Waals surface area contributed by atoms with Crippen LogP contribution in [0, 0.1) is 17.3 Å². The minimum absolute atomic E-state index is 0.0503. The smallest absolute Gasteiger partial charge is 0.340 e. The quantitative estimate of drug-likeness (QED) is 0.0656. The van der Waals surface area contributed by atoms with E-state index in [0.29, 0.717) is 40.7 Å². The van der Waals surface area contributed by atoms with Crippen molar-refractivity contribution < 1.29 is 48.3 Å². The molecule has 3 aliphatic heterocycles. The van der Waals surface area contributed by atoms with Crippen molar-refractivity contribution in [1.82, 2.24) is 0 Å². The molecule has 0 unspecified atom stereocenters. The molecule has 0 radical (unpaired) electrons. The number of rotatable bonds is 11. The number of aliphatic hydroxyl groups excluding tert-OH is 3. The van der Waals surface area contributed by atoms with Gasteiger partial charge in [-0.15, -0.1) is 0 Å². The number of methoxy groups -OCH3 is 1. The summed E-state index contributed by atoms with van der Waals surface area (Å²) in [5.41, 5.74) is 6.09. The van der Waals surface area contributed by atoms with Crippen LogP contribution in [-0.2, 0) is 42.2 Å². The molecule has 4 aromatic carbocycles. The van der Waals surface area contributed by atoms with E-state index in [1.807, 2.05) is 13.0 Å². The van der Waals surface area contributed by atoms with Gasteiger partial charge in [0, 0.05) is 53.9 Å². The summed E-state index contributed by atoms with van der Waals surface area (Å²) in [7, 11) is 1.52. The Morgan fingerprint density at radius 2 is 1.52 bits per heavy atom. The van der Waals surface area contributed by atoms with Crippen LogP contribution in [0.3, 0.4) is 0 Å². The van der Waals surface area contributed by atoms with Crippen LogP contribution in [0.15, 0.2) is 111 Å². The highest BCUT2D eigenvalue weighted by Crippen LogP contribution is 2.58. The number of carbonyl (C=O) groups is 2. The first-order chi connectivity index (χ1) is 38.4. The van der Waals surface area contributed by atoms with E-state index < -0.39 is 47.9 Å². The van der Waals surface area contributed by atoms with Crippen LogP contribution in [0.25, 0.3) is 11.0 Å². The van der Waals surface area contributed by atoms with Crippen LogP contribution in [0.4, 0.5) is 0 Å². The molecule has 1 spiro atoms. The summed E-state index contributed by atoms with van der Waals surface area (Å²) in [6, 6.07) is 32.6. The Balaban J connectivity index is 1.04. The summed E-state index contributed by atoms with van der Waals surface area (Å²) in [6.45, 7) is 2.77. The maximum atomic E-state index is 15.6. The molecule has 3 N–H and O–H groups in total. The minimum Gasteiger partial charge on any atom is -0.483 e. The molecule has 8 atom stereocenters. The summed E-state index contributed by atoms with van der Waals surface area (Å²) >= 11 is 0. The maximum Gasteiger partial charge on any atom is 0.340 e. The Labute approximate surface area is 466 Å². The molecule has 5 aromatic rings. The van der Waals surface area contributed by atoms with Crippen molar-refractivity contribution in [2.75, 3.05) is 26.9 Å². The van der Waals surface area contributed by atoms with E-state index in [1.54, 1.807) is 13.0 Å². The summed E-state index contributed by atoms with van der Waals surface area (Å²) in [5, 5.41) is 32.4. The van der Waals surface area contributed by atoms with Gasteiger partial charge in [0.25, 0.3) is 0 Å². The van der Waals surface area contributed by atoms with Crippen LogP contribution in [-0.4, -0.2) is 65.9 Å². The number of fused-ring (bicyclic) bond motifs is 11. The lowest BCUT2D eigenvalue weighted by molar-refractivity contribution is -0.203. The fraction of sp³-hybridized carbons (Fsp3) is 0.544. The van der Waals surface area contributed by atoms with Gasteiger partial charge in [-0.05, 0) is 172 Å². The van der Waals surface area contributed by atoms with Crippen molar-refractivity contribution in [3.63, 3.8) is 0 Å². The van der Waals surface area contributed by atoms with Gasteiger partial charge < -0.3 is 38.7 Å². The number of hydrogen-bond donors (Lipinski definition) is 3. The third-order valence-electron chi connectivity index (χ3n) is 20.4. The molecule has 4 fully saturated rings. The number of aliphatic hydroxyl groups is 3. The molecule has 1 aromatic heterocycles. The second-order valence-electron chi connectivity index (χ2n) is 24.9. The van der Waals surface area contributed by atoms with Crippen molar-refractivity contribution in [3.05, 3.63) is 157 Å². The van der Waals surface area contributed by atoms with E-state index in [1.165, 1.54) is 48.6 Å². The fourth-order valence-electron chi connectivity index (χ4n) is 16.2. The summed E-state index contributed by atoms with van der Waals surface area (Å²) in [6.07, 6.45) is 15.4.